The number of urea groups is 1. The lowest BCUT2D eigenvalue weighted by molar-refractivity contribution is -0.137. The standard InChI is InChI=1S/C27H28ClF3N2O3/c1-35-21-11-6-18(7-12-21)23(19-8-13-22(36-2)14-9-19)5-3-4-16-32-26(34)33-20-10-15-25(28)24(17-20)27(29,30)31/h6-15,17,23H,3-5,16H2,1-2H3,(H2,32,33,34). The number of nitrogens with one attached hydrogen (secondary N) is 2. The predicted molar refractivity (Wildman–Crippen MR) is 135 cm³/mol. The van der Waals surface area contributed by atoms with Crippen LogP contribution in [0.4, 0.5) is 23.7 Å². The van der Waals surface area contributed by atoms with E-state index in [1.54, 1.807) is 14.2 Å². The number of carbonyl (C=O) groups excluding carboxylic acids is 1. The maximum absolute atomic E-state index is 13.0. The maximum atomic E-state index is 13.0. The van der Waals surface area contributed by atoms with E-state index in [2.05, 4.69) is 10.6 Å². The summed E-state index contributed by atoms with van der Waals surface area (Å²) < 4.78 is 49.6. The molecule has 0 saturated heterocycles. The van der Waals surface area contributed by atoms with Gasteiger partial charge in [0, 0.05) is 18.2 Å². The number of hydrogen-bond donors (Lipinski definition) is 2. The number of halogens is 4. The van der Waals surface area contributed by atoms with Crippen molar-refractivity contribution < 1.29 is 27.4 Å². The molecule has 0 saturated carbocycles. The number of alkyl halides is 3. The van der Waals surface area contributed by atoms with Gasteiger partial charge in [0.25, 0.3) is 0 Å². The summed E-state index contributed by atoms with van der Waals surface area (Å²) >= 11 is 5.62. The number of hydrogen-bond acceptors (Lipinski definition) is 3. The number of amides is 2. The summed E-state index contributed by atoms with van der Waals surface area (Å²) in [6, 6.07) is 18.6. The first-order valence-corrected chi connectivity index (χ1v) is 11.8. The highest BCUT2D eigenvalue weighted by atomic mass is 35.5. The highest BCUT2D eigenvalue weighted by molar-refractivity contribution is 6.31. The summed E-state index contributed by atoms with van der Waals surface area (Å²) in [5.74, 6) is 1.71. The van der Waals surface area contributed by atoms with Crippen molar-refractivity contribution in [2.24, 2.45) is 0 Å². The third-order valence-electron chi connectivity index (χ3n) is 5.77. The molecular formula is C27H28ClF3N2O3. The Morgan fingerprint density at radius 3 is 1.94 bits per heavy atom. The fourth-order valence-corrected chi connectivity index (χ4v) is 4.09. The van der Waals surface area contributed by atoms with Gasteiger partial charge in [-0.3, -0.25) is 0 Å². The summed E-state index contributed by atoms with van der Waals surface area (Å²) in [6.45, 7) is 0.378. The van der Waals surface area contributed by atoms with Crippen LogP contribution in [0.15, 0.2) is 66.7 Å². The molecule has 3 aromatic rings. The number of benzene rings is 3. The van der Waals surface area contributed by atoms with E-state index in [0.29, 0.717) is 13.0 Å². The van der Waals surface area contributed by atoms with Crippen LogP contribution in [0.2, 0.25) is 5.02 Å². The van der Waals surface area contributed by atoms with Gasteiger partial charge in [0.1, 0.15) is 11.5 Å². The summed E-state index contributed by atoms with van der Waals surface area (Å²) in [5.41, 5.74) is 1.32. The van der Waals surface area contributed by atoms with E-state index in [-0.39, 0.29) is 11.6 Å². The first-order valence-electron chi connectivity index (χ1n) is 11.4. The van der Waals surface area contributed by atoms with E-state index in [9.17, 15) is 18.0 Å². The number of methoxy groups -OCH3 is 2. The second-order valence-corrected chi connectivity index (χ2v) is 8.58. The third kappa shape index (κ3) is 7.55. The van der Waals surface area contributed by atoms with Crippen LogP contribution in [0, 0.1) is 0 Å². The van der Waals surface area contributed by atoms with E-state index in [1.807, 2.05) is 48.5 Å². The quantitative estimate of drug-likeness (QED) is 0.272. The Hall–Kier alpha value is -3.39. The van der Waals surface area contributed by atoms with Crippen LogP contribution in [-0.2, 0) is 6.18 Å². The Bertz CT molecular complexity index is 1090. The number of unbranched alkanes of at least 4 members (excludes halogenated alkanes) is 1. The van der Waals surface area contributed by atoms with Crippen molar-refractivity contribution in [2.75, 3.05) is 26.1 Å². The molecule has 3 aromatic carbocycles. The number of rotatable bonds is 10. The molecule has 0 aliphatic rings. The molecule has 0 aromatic heterocycles. The zero-order valence-corrected chi connectivity index (χ0v) is 20.7. The normalized spacial score (nSPS) is 11.3. The smallest absolute Gasteiger partial charge is 0.417 e. The molecule has 192 valence electrons. The molecule has 3 rings (SSSR count). The van der Waals surface area contributed by atoms with Crippen molar-refractivity contribution in [1.29, 1.82) is 0 Å². The van der Waals surface area contributed by atoms with E-state index < -0.39 is 22.8 Å². The molecule has 0 spiro atoms. The fraction of sp³-hybridized carbons (Fsp3) is 0.296. The Morgan fingerprint density at radius 2 is 1.44 bits per heavy atom. The second-order valence-electron chi connectivity index (χ2n) is 8.17. The van der Waals surface area contributed by atoms with Crippen LogP contribution in [0.5, 0.6) is 11.5 Å². The average Bonchev–Trinajstić information content (AvgIpc) is 2.87. The lowest BCUT2D eigenvalue weighted by Gasteiger charge is -2.19. The molecule has 2 amide bonds. The Kier molecular flexibility index (Phi) is 9.47. The maximum Gasteiger partial charge on any atom is 0.417 e. The molecule has 0 radical (unpaired) electrons. The van der Waals surface area contributed by atoms with Crippen molar-refractivity contribution in [3.05, 3.63) is 88.4 Å². The molecule has 0 heterocycles. The molecule has 2 N–H and O–H groups in total. The van der Waals surface area contributed by atoms with Crippen LogP contribution in [0.25, 0.3) is 0 Å². The van der Waals surface area contributed by atoms with E-state index >= 15 is 0 Å². The van der Waals surface area contributed by atoms with Gasteiger partial charge in [0.05, 0.1) is 24.8 Å². The van der Waals surface area contributed by atoms with Gasteiger partial charge in [0.2, 0.25) is 0 Å². The van der Waals surface area contributed by atoms with Crippen molar-refractivity contribution in [3.63, 3.8) is 0 Å². The van der Waals surface area contributed by atoms with E-state index in [1.165, 1.54) is 6.07 Å². The summed E-state index contributed by atoms with van der Waals surface area (Å²) in [6.07, 6.45) is -2.24. The number of ether oxygens (including phenoxy) is 2. The van der Waals surface area contributed by atoms with Crippen LogP contribution in [0.3, 0.4) is 0 Å². The Morgan fingerprint density at radius 1 is 0.889 bits per heavy atom. The van der Waals surface area contributed by atoms with Gasteiger partial charge in [-0.2, -0.15) is 13.2 Å². The minimum atomic E-state index is -4.60. The van der Waals surface area contributed by atoms with Crippen molar-refractivity contribution >= 4 is 23.3 Å². The monoisotopic (exact) mass is 520 g/mol. The molecule has 0 aliphatic carbocycles. The molecule has 5 nitrogen and oxygen atoms in total. The summed E-state index contributed by atoms with van der Waals surface area (Å²) in [7, 11) is 3.25. The van der Waals surface area contributed by atoms with Crippen LogP contribution < -0.4 is 20.1 Å². The lowest BCUT2D eigenvalue weighted by Crippen LogP contribution is -2.29. The molecule has 36 heavy (non-hydrogen) atoms. The van der Waals surface area contributed by atoms with Crippen LogP contribution in [0.1, 0.15) is 41.9 Å². The molecule has 0 unspecified atom stereocenters. The highest BCUT2D eigenvalue weighted by Gasteiger charge is 2.33. The van der Waals surface area contributed by atoms with E-state index in [4.69, 9.17) is 21.1 Å². The van der Waals surface area contributed by atoms with Crippen LogP contribution >= 0.6 is 11.6 Å². The molecule has 0 fully saturated rings. The van der Waals surface area contributed by atoms with Gasteiger partial charge in [-0.25, -0.2) is 4.79 Å². The third-order valence-corrected chi connectivity index (χ3v) is 6.10. The van der Waals surface area contributed by atoms with Gasteiger partial charge in [-0.05, 0) is 66.4 Å². The average molecular weight is 521 g/mol. The van der Waals surface area contributed by atoms with Crippen LogP contribution in [-0.4, -0.2) is 26.8 Å². The first-order chi connectivity index (χ1) is 17.2. The molecule has 0 bridgehead atoms. The Labute approximate surface area is 213 Å². The second kappa shape index (κ2) is 12.5. The largest absolute Gasteiger partial charge is 0.497 e. The predicted octanol–water partition coefficient (Wildman–Crippen LogP) is 7.50. The highest BCUT2D eigenvalue weighted by Crippen LogP contribution is 2.36. The van der Waals surface area contributed by atoms with Gasteiger partial charge in [-0.1, -0.05) is 42.3 Å². The van der Waals surface area contributed by atoms with Crippen molar-refractivity contribution in [1.82, 2.24) is 5.32 Å². The zero-order valence-electron chi connectivity index (χ0n) is 20.0. The summed E-state index contributed by atoms with van der Waals surface area (Å²) in [5, 5.41) is 4.69. The first kappa shape index (κ1) is 27.2. The molecular weight excluding hydrogens is 493 g/mol. The zero-order chi connectivity index (χ0) is 26.1. The van der Waals surface area contributed by atoms with Gasteiger partial charge < -0.3 is 20.1 Å². The minimum Gasteiger partial charge on any atom is -0.497 e. The number of anilines is 1. The minimum absolute atomic E-state index is 0.0169. The van der Waals surface area contributed by atoms with E-state index in [0.717, 1.165) is 47.6 Å². The molecule has 0 aliphatic heterocycles. The summed E-state index contributed by atoms with van der Waals surface area (Å²) in [4.78, 5) is 12.2. The van der Waals surface area contributed by atoms with Gasteiger partial charge in [-0.15, -0.1) is 0 Å². The molecule has 9 heteroatoms. The SMILES string of the molecule is COc1ccc(C(CCCCNC(=O)Nc2ccc(Cl)c(C(F)(F)F)c2)c2ccc(OC)cc2)cc1. The van der Waals surface area contributed by atoms with Gasteiger partial charge >= 0.3 is 12.2 Å². The topological polar surface area (TPSA) is 59.6 Å². The van der Waals surface area contributed by atoms with Crippen molar-refractivity contribution in [3.8, 4) is 11.5 Å². The number of carbonyl (C=O) groups is 1. The lowest BCUT2D eigenvalue weighted by atomic mass is 9.87. The van der Waals surface area contributed by atoms with Crippen molar-refractivity contribution in [2.45, 2.75) is 31.4 Å². The molecule has 0 atom stereocenters. The fourth-order valence-electron chi connectivity index (χ4n) is 3.87. The van der Waals surface area contributed by atoms with Gasteiger partial charge in [0.15, 0.2) is 0 Å². The Balaban J connectivity index is 1.55.